The third-order valence-electron chi connectivity index (χ3n) is 1.15. The molecule has 0 spiro atoms. The lowest BCUT2D eigenvalue weighted by Crippen LogP contribution is -2.11. The first kappa shape index (κ1) is 8.74. The number of nitrogens with zero attached hydrogens (tertiary/aromatic N) is 3. The first-order valence-corrected chi connectivity index (χ1v) is 4.13. The van der Waals surface area contributed by atoms with Crippen LogP contribution in [0.1, 0.15) is 0 Å². The molecular weight excluding hydrogens is 229 g/mol. The second-order valence-electron chi connectivity index (χ2n) is 2.20. The minimum absolute atomic E-state index is 0.434. The molecule has 0 aliphatic heterocycles. The molecule has 11 heavy (non-hydrogen) atoms. The van der Waals surface area contributed by atoms with Gasteiger partial charge in [0.05, 0.1) is 4.47 Å². The van der Waals surface area contributed by atoms with Gasteiger partial charge in [-0.15, -0.1) is 0 Å². The van der Waals surface area contributed by atoms with Gasteiger partial charge < -0.3 is 4.90 Å². The molecule has 1 heterocycles. The zero-order chi connectivity index (χ0) is 8.43. The van der Waals surface area contributed by atoms with Gasteiger partial charge in [-0.1, -0.05) is 11.6 Å². The van der Waals surface area contributed by atoms with Crippen LogP contribution in [0.3, 0.4) is 0 Å². The van der Waals surface area contributed by atoms with Crippen molar-refractivity contribution in [1.82, 2.24) is 9.97 Å². The zero-order valence-corrected chi connectivity index (χ0v) is 8.52. The minimum atomic E-state index is 0.434. The van der Waals surface area contributed by atoms with Crippen LogP contribution in [0, 0.1) is 0 Å². The van der Waals surface area contributed by atoms with Crippen LogP contribution in [-0.4, -0.2) is 24.1 Å². The second kappa shape index (κ2) is 3.36. The molecule has 1 aromatic heterocycles. The quantitative estimate of drug-likeness (QED) is 0.698. The molecule has 0 N–H and O–H groups in total. The summed E-state index contributed by atoms with van der Waals surface area (Å²) in [7, 11) is 3.78. The molecule has 1 aromatic rings. The Morgan fingerprint density at radius 2 is 2.09 bits per heavy atom. The summed E-state index contributed by atoms with van der Waals surface area (Å²) >= 11 is 9.02. The van der Waals surface area contributed by atoms with Gasteiger partial charge in [0.2, 0.25) is 0 Å². The highest BCUT2D eigenvalue weighted by atomic mass is 79.9. The molecule has 0 saturated carbocycles. The summed E-state index contributed by atoms with van der Waals surface area (Å²) < 4.78 is 0.728. The van der Waals surface area contributed by atoms with Crippen LogP contribution in [0.4, 0.5) is 5.82 Å². The molecule has 0 atom stereocenters. The standard InChI is InChI=1S/C6H7BrClN3/c1-11(2)6-4(7)5(8)9-3-10-6/h3H,1-2H3. The second-order valence-corrected chi connectivity index (χ2v) is 3.35. The molecule has 0 radical (unpaired) electrons. The lowest BCUT2D eigenvalue weighted by Gasteiger charge is -2.12. The molecule has 0 amide bonds. The molecule has 5 heteroatoms. The lowest BCUT2D eigenvalue weighted by atomic mass is 10.5. The highest BCUT2D eigenvalue weighted by molar-refractivity contribution is 9.10. The normalized spacial score (nSPS) is 9.82. The van der Waals surface area contributed by atoms with Gasteiger partial charge >= 0.3 is 0 Å². The van der Waals surface area contributed by atoms with Gasteiger partial charge in [0.15, 0.2) is 0 Å². The van der Waals surface area contributed by atoms with E-state index in [9.17, 15) is 0 Å². The van der Waals surface area contributed by atoms with Gasteiger partial charge in [-0.05, 0) is 15.9 Å². The monoisotopic (exact) mass is 235 g/mol. The van der Waals surface area contributed by atoms with Gasteiger partial charge in [-0.2, -0.15) is 0 Å². The van der Waals surface area contributed by atoms with E-state index in [2.05, 4.69) is 25.9 Å². The maximum absolute atomic E-state index is 5.73. The predicted molar refractivity (Wildman–Crippen MR) is 49.1 cm³/mol. The van der Waals surface area contributed by atoms with E-state index in [1.165, 1.54) is 6.33 Å². The molecule has 0 aromatic carbocycles. The Kier molecular flexibility index (Phi) is 2.67. The minimum Gasteiger partial charge on any atom is -0.362 e. The molecule has 0 aliphatic rings. The van der Waals surface area contributed by atoms with Crippen molar-refractivity contribution in [3.8, 4) is 0 Å². The smallest absolute Gasteiger partial charge is 0.148 e. The fourth-order valence-corrected chi connectivity index (χ4v) is 1.34. The van der Waals surface area contributed by atoms with Crippen LogP contribution in [-0.2, 0) is 0 Å². The van der Waals surface area contributed by atoms with Crippen LogP contribution >= 0.6 is 27.5 Å². The Labute approximate surface area is 78.5 Å². The van der Waals surface area contributed by atoms with E-state index in [1.54, 1.807) is 0 Å². The highest BCUT2D eigenvalue weighted by Crippen LogP contribution is 2.27. The molecular formula is C6H7BrClN3. The maximum atomic E-state index is 5.73. The predicted octanol–water partition coefficient (Wildman–Crippen LogP) is 1.96. The number of hydrogen-bond acceptors (Lipinski definition) is 3. The van der Waals surface area contributed by atoms with Gasteiger partial charge in [-0.25, -0.2) is 9.97 Å². The van der Waals surface area contributed by atoms with E-state index < -0.39 is 0 Å². The van der Waals surface area contributed by atoms with Crippen LogP contribution < -0.4 is 4.90 Å². The summed E-state index contributed by atoms with van der Waals surface area (Å²) in [6.07, 6.45) is 1.43. The van der Waals surface area contributed by atoms with Gasteiger partial charge in [0.1, 0.15) is 17.3 Å². The fraction of sp³-hybridized carbons (Fsp3) is 0.333. The van der Waals surface area contributed by atoms with E-state index in [0.717, 1.165) is 10.3 Å². The van der Waals surface area contributed by atoms with Gasteiger partial charge in [-0.3, -0.25) is 0 Å². The van der Waals surface area contributed by atoms with Gasteiger partial charge in [0, 0.05) is 14.1 Å². The lowest BCUT2D eigenvalue weighted by molar-refractivity contribution is 1.03. The third kappa shape index (κ3) is 1.81. The maximum Gasteiger partial charge on any atom is 0.148 e. The molecule has 0 unspecified atom stereocenters. The molecule has 0 fully saturated rings. The first-order chi connectivity index (χ1) is 5.13. The topological polar surface area (TPSA) is 29.0 Å². The summed E-state index contributed by atoms with van der Waals surface area (Å²) in [6, 6.07) is 0. The summed E-state index contributed by atoms with van der Waals surface area (Å²) in [4.78, 5) is 9.68. The Morgan fingerprint density at radius 1 is 1.45 bits per heavy atom. The summed E-state index contributed by atoms with van der Waals surface area (Å²) in [6.45, 7) is 0. The van der Waals surface area contributed by atoms with Crippen LogP contribution in [0.2, 0.25) is 5.15 Å². The fourth-order valence-electron chi connectivity index (χ4n) is 0.652. The van der Waals surface area contributed by atoms with E-state index in [0.29, 0.717) is 5.15 Å². The van der Waals surface area contributed by atoms with Crippen molar-refractivity contribution in [3.05, 3.63) is 16.0 Å². The van der Waals surface area contributed by atoms with E-state index in [-0.39, 0.29) is 0 Å². The summed E-state index contributed by atoms with van der Waals surface area (Å²) in [5, 5.41) is 0.434. The van der Waals surface area contributed by atoms with Gasteiger partial charge in [0.25, 0.3) is 0 Å². The summed E-state index contributed by atoms with van der Waals surface area (Å²) in [5.74, 6) is 0.782. The molecule has 1 rings (SSSR count). The van der Waals surface area contributed by atoms with Crippen molar-refractivity contribution in [2.24, 2.45) is 0 Å². The average Bonchev–Trinajstić information content (AvgIpc) is 1.94. The van der Waals surface area contributed by atoms with Crippen molar-refractivity contribution < 1.29 is 0 Å². The Balaban J connectivity index is 3.17. The van der Waals surface area contributed by atoms with E-state index in [1.807, 2.05) is 19.0 Å². The summed E-state index contributed by atoms with van der Waals surface area (Å²) in [5.41, 5.74) is 0. The molecule has 60 valence electrons. The number of halogens is 2. The molecule has 0 aliphatic carbocycles. The largest absolute Gasteiger partial charge is 0.362 e. The van der Waals surface area contributed by atoms with Crippen molar-refractivity contribution in [2.75, 3.05) is 19.0 Å². The molecule has 3 nitrogen and oxygen atoms in total. The zero-order valence-electron chi connectivity index (χ0n) is 6.17. The number of hydrogen-bond donors (Lipinski definition) is 0. The molecule has 0 saturated heterocycles. The Bertz CT molecular complexity index is 264. The van der Waals surface area contributed by atoms with Crippen LogP contribution in [0.15, 0.2) is 10.8 Å². The first-order valence-electron chi connectivity index (χ1n) is 2.96. The van der Waals surface area contributed by atoms with Crippen molar-refractivity contribution in [2.45, 2.75) is 0 Å². The van der Waals surface area contributed by atoms with Crippen molar-refractivity contribution in [1.29, 1.82) is 0 Å². The number of rotatable bonds is 1. The van der Waals surface area contributed by atoms with Crippen molar-refractivity contribution in [3.63, 3.8) is 0 Å². The Hall–Kier alpha value is -0.350. The number of anilines is 1. The Morgan fingerprint density at radius 3 is 2.55 bits per heavy atom. The van der Waals surface area contributed by atoms with E-state index >= 15 is 0 Å². The number of aromatic nitrogens is 2. The third-order valence-corrected chi connectivity index (χ3v) is 2.40. The highest BCUT2D eigenvalue weighted by Gasteiger charge is 2.06. The SMILES string of the molecule is CN(C)c1ncnc(Cl)c1Br. The van der Waals surface area contributed by atoms with Crippen LogP contribution in [0.25, 0.3) is 0 Å². The van der Waals surface area contributed by atoms with Crippen LogP contribution in [0.5, 0.6) is 0 Å². The van der Waals surface area contributed by atoms with Crippen molar-refractivity contribution >= 4 is 33.3 Å². The average molecular weight is 236 g/mol. The molecule has 0 bridgehead atoms. The van der Waals surface area contributed by atoms with E-state index in [4.69, 9.17) is 11.6 Å².